The fourth-order valence-corrected chi connectivity index (χ4v) is 1.90. The summed E-state index contributed by atoms with van der Waals surface area (Å²) in [4.78, 5) is 4.04. The van der Waals surface area contributed by atoms with Crippen LogP contribution in [-0.2, 0) is 4.74 Å². The predicted octanol–water partition coefficient (Wildman–Crippen LogP) is 4.32. The van der Waals surface area contributed by atoms with Crippen molar-refractivity contribution < 1.29 is 9.47 Å². The molecule has 114 valence electrons. The molecule has 2 aromatic rings. The molecule has 1 heterocycles. The number of pyridine rings is 1. The molecule has 0 saturated carbocycles. The fraction of sp³-hybridized carbons (Fsp3) is 0.118. The number of halogens is 1. The molecular weight excluding hydrogens is 314 g/mol. The lowest BCUT2D eigenvalue weighted by Gasteiger charge is -2.10. The maximum absolute atomic E-state index is 9.00. The Labute approximate surface area is 139 Å². The van der Waals surface area contributed by atoms with Gasteiger partial charge in [0.25, 0.3) is 0 Å². The highest BCUT2D eigenvalue weighted by atomic mass is 35.5. The first-order valence-electron chi connectivity index (χ1n) is 6.75. The summed E-state index contributed by atoms with van der Waals surface area (Å²) in [6, 6.07) is 13.8. The molecule has 0 saturated heterocycles. The SMILES string of the molecule is CCOC(=C(C#N)C#N)c1ccc(Oc2ccc(Cl)cn2)cc1. The average molecular weight is 326 g/mol. The van der Waals surface area contributed by atoms with Gasteiger partial charge in [-0.15, -0.1) is 0 Å². The number of hydrogen-bond acceptors (Lipinski definition) is 5. The molecule has 0 unspecified atom stereocenters. The van der Waals surface area contributed by atoms with E-state index in [9.17, 15) is 0 Å². The van der Waals surface area contributed by atoms with Crippen LogP contribution in [0.1, 0.15) is 12.5 Å². The first-order chi connectivity index (χ1) is 11.2. The molecule has 6 heteroatoms. The van der Waals surface area contributed by atoms with E-state index in [1.54, 1.807) is 43.3 Å². The lowest BCUT2D eigenvalue weighted by atomic mass is 10.1. The zero-order valence-corrected chi connectivity index (χ0v) is 13.0. The molecule has 0 atom stereocenters. The van der Waals surface area contributed by atoms with E-state index in [2.05, 4.69) is 4.98 Å². The van der Waals surface area contributed by atoms with Gasteiger partial charge in [0, 0.05) is 17.8 Å². The molecule has 1 aromatic carbocycles. The van der Waals surface area contributed by atoms with Crippen LogP contribution in [0.3, 0.4) is 0 Å². The first kappa shape index (κ1) is 16.4. The maximum Gasteiger partial charge on any atom is 0.219 e. The molecule has 0 amide bonds. The molecule has 0 aliphatic carbocycles. The number of aromatic nitrogens is 1. The van der Waals surface area contributed by atoms with Crippen LogP contribution in [0.2, 0.25) is 5.02 Å². The Morgan fingerprint density at radius 1 is 1.13 bits per heavy atom. The van der Waals surface area contributed by atoms with Crippen LogP contribution in [0.15, 0.2) is 48.2 Å². The molecule has 0 N–H and O–H groups in total. The Hall–Kier alpha value is -3.02. The molecule has 0 aliphatic rings. The maximum atomic E-state index is 9.00. The third-order valence-corrected chi connectivity index (χ3v) is 3.00. The van der Waals surface area contributed by atoms with Gasteiger partial charge in [0.1, 0.15) is 17.9 Å². The van der Waals surface area contributed by atoms with E-state index < -0.39 is 0 Å². The number of nitrogens with zero attached hydrogens (tertiary/aromatic N) is 3. The highest BCUT2D eigenvalue weighted by molar-refractivity contribution is 6.30. The van der Waals surface area contributed by atoms with E-state index in [-0.39, 0.29) is 11.3 Å². The highest BCUT2D eigenvalue weighted by Crippen LogP contribution is 2.25. The predicted molar refractivity (Wildman–Crippen MR) is 85.5 cm³/mol. The van der Waals surface area contributed by atoms with Crippen molar-refractivity contribution in [1.29, 1.82) is 10.5 Å². The van der Waals surface area contributed by atoms with Gasteiger partial charge in [-0.3, -0.25) is 0 Å². The van der Waals surface area contributed by atoms with E-state index in [0.717, 1.165) is 0 Å². The number of allylic oxidation sites excluding steroid dienone is 1. The number of hydrogen-bond donors (Lipinski definition) is 0. The Bertz CT molecular complexity index is 769. The van der Waals surface area contributed by atoms with Crippen LogP contribution in [0.4, 0.5) is 0 Å². The van der Waals surface area contributed by atoms with E-state index in [1.807, 2.05) is 12.1 Å². The average Bonchev–Trinajstić information content (AvgIpc) is 2.58. The molecule has 5 nitrogen and oxygen atoms in total. The fourth-order valence-electron chi connectivity index (χ4n) is 1.79. The summed E-state index contributed by atoms with van der Waals surface area (Å²) in [5.41, 5.74) is 0.557. The van der Waals surface area contributed by atoms with Gasteiger partial charge in [-0.1, -0.05) is 11.6 Å². The second-order valence-electron chi connectivity index (χ2n) is 4.30. The van der Waals surface area contributed by atoms with E-state index in [4.69, 9.17) is 31.6 Å². The van der Waals surface area contributed by atoms with Crippen molar-refractivity contribution in [2.24, 2.45) is 0 Å². The summed E-state index contributed by atoms with van der Waals surface area (Å²) in [7, 11) is 0. The van der Waals surface area contributed by atoms with Crippen LogP contribution >= 0.6 is 11.6 Å². The van der Waals surface area contributed by atoms with E-state index in [0.29, 0.717) is 28.8 Å². The summed E-state index contributed by atoms with van der Waals surface area (Å²) in [6.07, 6.45) is 1.49. The Morgan fingerprint density at radius 2 is 1.83 bits per heavy atom. The van der Waals surface area contributed by atoms with Gasteiger partial charge in [-0.05, 0) is 37.3 Å². The molecule has 2 rings (SSSR count). The van der Waals surface area contributed by atoms with Crippen molar-refractivity contribution in [2.45, 2.75) is 6.92 Å². The molecule has 0 bridgehead atoms. The Kier molecular flexibility index (Phi) is 5.57. The van der Waals surface area contributed by atoms with Gasteiger partial charge in [0.15, 0.2) is 11.3 Å². The van der Waals surface area contributed by atoms with Crippen LogP contribution < -0.4 is 4.74 Å². The quantitative estimate of drug-likeness (QED) is 0.604. The van der Waals surface area contributed by atoms with Gasteiger partial charge in [-0.25, -0.2) is 4.98 Å². The Morgan fingerprint density at radius 3 is 2.35 bits per heavy atom. The van der Waals surface area contributed by atoms with Gasteiger partial charge in [-0.2, -0.15) is 10.5 Å². The van der Waals surface area contributed by atoms with E-state index in [1.165, 1.54) is 6.20 Å². The van der Waals surface area contributed by atoms with Crippen molar-refractivity contribution in [1.82, 2.24) is 4.98 Å². The summed E-state index contributed by atoms with van der Waals surface area (Å²) >= 11 is 5.77. The minimum absolute atomic E-state index is 0.0695. The second-order valence-corrected chi connectivity index (χ2v) is 4.74. The van der Waals surface area contributed by atoms with Crippen molar-refractivity contribution >= 4 is 17.4 Å². The second kappa shape index (κ2) is 7.84. The number of nitriles is 2. The molecule has 0 fully saturated rings. The number of rotatable bonds is 5. The van der Waals surface area contributed by atoms with Gasteiger partial charge >= 0.3 is 0 Å². The molecule has 23 heavy (non-hydrogen) atoms. The number of benzene rings is 1. The molecule has 0 spiro atoms. The molecular formula is C17H12ClN3O2. The third-order valence-electron chi connectivity index (χ3n) is 2.78. The lowest BCUT2D eigenvalue weighted by molar-refractivity contribution is 0.297. The normalized spacial score (nSPS) is 9.39. The van der Waals surface area contributed by atoms with Gasteiger partial charge < -0.3 is 9.47 Å². The standard InChI is InChI=1S/C17H12ClN3O2/c1-2-22-17(13(9-19)10-20)12-3-6-15(7-4-12)23-16-8-5-14(18)11-21-16/h3-8,11H,2H2,1H3. The highest BCUT2D eigenvalue weighted by Gasteiger charge is 2.11. The zero-order valence-electron chi connectivity index (χ0n) is 12.3. The zero-order chi connectivity index (χ0) is 16.7. The molecule has 1 aromatic heterocycles. The van der Waals surface area contributed by atoms with Crippen LogP contribution in [0.5, 0.6) is 11.6 Å². The molecule has 0 radical (unpaired) electrons. The third kappa shape index (κ3) is 4.23. The topological polar surface area (TPSA) is 78.9 Å². The van der Waals surface area contributed by atoms with E-state index >= 15 is 0 Å². The summed E-state index contributed by atoms with van der Waals surface area (Å²) < 4.78 is 11.0. The van der Waals surface area contributed by atoms with Crippen molar-refractivity contribution in [3.05, 3.63) is 58.8 Å². The summed E-state index contributed by atoms with van der Waals surface area (Å²) in [6.45, 7) is 2.14. The van der Waals surface area contributed by atoms with Gasteiger partial charge in [0.2, 0.25) is 5.88 Å². The summed E-state index contributed by atoms with van der Waals surface area (Å²) in [5, 5.41) is 18.5. The monoisotopic (exact) mass is 325 g/mol. The minimum atomic E-state index is -0.0695. The Balaban J connectivity index is 2.24. The van der Waals surface area contributed by atoms with Crippen molar-refractivity contribution in [3.63, 3.8) is 0 Å². The first-order valence-corrected chi connectivity index (χ1v) is 7.12. The minimum Gasteiger partial charge on any atom is -0.491 e. The van der Waals surface area contributed by atoms with Crippen molar-refractivity contribution in [2.75, 3.05) is 6.61 Å². The van der Waals surface area contributed by atoms with Crippen LogP contribution in [0.25, 0.3) is 5.76 Å². The smallest absolute Gasteiger partial charge is 0.219 e. The molecule has 0 aliphatic heterocycles. The lowest BCUT2D eigenvalue weighted by Crippen LogP contribution is -1.96. The number of ether oxygens (including phenoxy) is 2. The van der Waals surface area contributed by atoms with Crippen LogP contribution in [-0.4, -0.2) is 11.6 Å². The van der Waals surface area contributed by atoms with Crippen LogP contribution in [0, 0.1) is 22.7 Å². The largest absolute Gasteiger partial charge is 0.491 e. The van der Waals surface area contributed by atoms with Crippen molar-refractivity contribution in [3.8, 4) is 23.8 Å². The summed E-state index contributed by atoms with van der Waals surface area (Å²) in [5.74, 6) is 1.24. The van der Waals surface area contributed by atoms with Gasteiger partial charge in [0.05, 0.1) is 11.6 Å².